The normalized spacial score (nSPS) is 17.9. The number of aliphatic hydroxyl groups is 1. The van der Waals surface area contributed by atoms with Crippen molar-refractivity contribution in [2.24, 2.45) is 5.92 Å². The van der Waals surface area contributed by atoms with E-state index in [0.29, 0.717) is 11.8 Å². The minimum Gasteiger partial charge on any atom is -0.435 e. The SMILES string of the molecule is C=C[C@@H](Nc1nc(C)c(-c2nc3c(C)nccc3s2)c(NC2CC[C@H](CO)C2)n1)c1ccc(OC(F)F)cc1. The number of hydrogen-bond acceptors (Lipinski definition) is 9. The Morgan fingerprint density at radius 3 is 2.59 bits per heavy atom. The molecule has 1 aliphatic carbocycles. The van der Waals surface area contributed by atoms with Gasteiger partial charge in [-0.3, -0.25) is 4.98 Å². The number of halogens is 2. The van der Waals surface area contributed by atoms with Crippen LogP contribution in [0.25, 0.3) is 20.8 Å². The standard InChI is InChI=1S/C28H30F2N6O2S/c1-4-21(18-6-9-20(10-7-18)38-27(29)30)34-28-32-15(2)23(25(36-28)33-19-8-5-17(13-19)14-37)26-35-24-16(3)31-12-11-22(24)39-26/h4,6-7,9-12,17,19,21,27,37H,1,5,8,13-14H2,2-3H3,(H2,32,33,34,36)/t17-,19?,21+/m0/s1. The van der Waals surface area contributed by atoms with Gasteiger partial charge in [0.25, 0.3) is 0 Å². The van der Waals surface area contributed by atoms with Crippen LogP contribution < -0.4 is 15.4 Å². The maximum absolute atomic E-state index is 12.5. The Kier molecular flexibility index (Phi) is 7.99. The van der Waals surface area contributed by atoms with Gasteiger partial charge in [0, 0.05) is 18.8 Å². The van der Waals surface area contributed by atoms with Gasteiger partial charge >= 0.3 is 6.61 Å². The van der Waals surface area contributed by atoms with Gasteiger partial charge in [0.15, 0.2) is 0 Å². The van der Waals surface area contributed by atoms with E-state index in [0.717, 1.165) is 57.0 Å². The minimum atomic E-state index is -2.88. The van der Waals surface area contributed by atoms with E-state index in [-0.39, 0.29) is 30.4 Å². The van der Waals surface area contributed by atoms with Gasteiger partial charge in [0.2, 0.25) is 5.95 Å². The number of fused-ring (bicyclic) bond motifs is 1. The largest absolute Gasteiger partial charge is 0.435 e. The van der Waals surface area contributed by atoms with Gasteiger partial charge in [0.1, 0.15) is 22.1 Å². The van der Waals surface area contributed by atoms with Crippen LogP contribution in [0.1, 0.15) is 42.3 Å². The molecule has 1 fully saturated rings. The summed E-state index contributed by atoms with van der Waals surface area (Å²) in [6, 6.07) is 8.12. The number of benzene rings is 1. The van der Waals surface area contributed by atoms with Crippen molar-refractivity contribution in [2.45, 2.75) is 51.8 Å². The van der Waals surface area contributed by atoms with Gasteiger partial charge in [-0.2, -0.15) is 13.8 Å². The van der Waals surface area contributed by atoms with Crippen molar-refractivity contribution in [2.75, 3.05) is 17.2 Å². The number of anilines is 2. The zero-order valence-electron chi connectivity index (χ0n) is 21.7. The summed E-state index contributed by atoms with van der Waals surface area (Å²) in [4.78, 5) is 18.9. The van der Waals surface area contributed by atoms with Gasteiger partial charge in [-0.15, -0.1) is 17.9 Å². The first-order valence-electron chi connectivity index (χ1n) is 12.8. The van der Waals surface area contributed by atoms with Crippen LogP contribution in [0.4, 0.5) is 20.5 Å². The molecule has 204 valence electrons. The third kappa shape index (κ3) is 5.99. The predicted octanol–water partition coefficient (Wildman–Crippen LogP) is 6.28. The maximum Gasteiger partial charge on any atom is 0.387 e. The zero-order valence-corrected chi connectivity index (χ0v) is 22.5. The molecule has 5 rings (SSSR count). The molecular weight excluding hydrogens is 522 g/mol. The van der Waals surface area contributed by atoms with Crippen LogP contribution >= 0.6 is 11.3 Å². The molecule has 0 bridgehead atoms. The molecule has 0 radical (unpaired) electrons. The molecule has 1 aliphatic rings. The molecule has 0 spiro atoms. The van der Waals surface area contributed by atoms with Gasteiger partial charge in [-0.25, -0.2) is 9.97 Å². The van der Waals surface area contributed by atoms with Crippen LogP contribution in [-0.4, -0.2) is 44.3 Å². The fraction of sp³-hybridized carbons (Fsp3) is 0.357. The number of nitrogens with zero attached hydrogens (tertiary/aromatic N) is 4. The highest BCUT2D eigenvalue weighted by Gasteiger charge is 2.27. The summed E-state index contributed by atoms with van der Waals surface area (Å²) in [5.41, 5.74) is 4.10. The summed E-state index contributed by atoms with van der Waals surface area (Å²) in [6.45, 7) is 5.08. The van der Waals surface area contributed by atoms with Gasteiger partial charge < -0.3 is 20.5 Å². The topological polar surface area (TPSA) is 105 Å². The summed E-state index contributed by atoms with van der Waals surface area (Å²) < 4.78 is 30.6. The monoisotopic (exact) mass is 552 g/mol. The maximum atomic E-state index is 12.5. The number of rotatable bonds is 10. The summed E-state index contributed by atoms with van der Waals surface area (Å²) >= 11 is 1.57. The Labute approximate surface area is 229 Å². The van der Waals surface area contributed by atoms with E-state index >= 15 is 0 Å². The van der Waals surface area contributed by atoms with Crippen molar-refractivity contribution in [1.29, 1.82) is 0 Å². The average Bonchev–Trinajstić information content (AvgIpc) is 3.55. The highest BCUT2D eigenvalue weighted by molar-refractivity contribution is 7.21. The minimum absolute atomic E-state index is 0.0820. The molecule has 1 aromatic carbocycles. The van der Waals surface area contributed by atoms with E-state index in [1.807, 2.05) is 19.9 Å². The molecule has 0 amide bonds. The van der Waals surface area contributed by atoms with E-state index in [2.05, 4.69) is 26.9 Å². The number of nitrogens with one attached hydrogen (secondary N) is 2. The Morgan fingerprint density at radius 1 is 1.13 bits per heavy atom. The molecule has 1 saturated carbocycles. The first-order valence-corrected chi connectivity index (χ1v) is 13.6. The Hall–Kier alpha value is -3.70. The van der Waals surface area contributed by atoms with Crippen LogP contribution in [0.3, 0.4) is 0 Å². The van der Waals surface area contributed by atoms with Gasteiger partial charge in [0.05, 0.1) is 27.7 Å². The van der Waals surface area contributed by atoms with E-state index in [1.54, 1.807) is 35.7 Å². The Morgan fingerprint density at radius 2 is 1.92 bits per heavy atom. The highest BCUT2D eigenvalue weighted by atomic mass is 32.1. The number of thiazole rings is 1. The molecule has 39 heavy (non-hydrogen) atoms. The van der Waals surface area contributed by atoms with Crippen LogP contribution in [-0.2, 0) is 0 Å². The number of ether oxygens (including phenoxy) is 1. The quantitative estimate of drug-likeness (QED) is 0.198. The molecule has 3 N–H and O–H groups in total. The molecule has 0 aliphatic heterocycles. The molecule has 4 aromatic rings. The number of hydrogen-bond donors (Lipinski definition) is 3. The summed E-state index contributed by atoms with van der Waals surface area (Å²) in [7, 11) is 0. The second kappa shape index (κ2) is 11.6. The summed E-state index contributed by atoms with van der Waals surface area (Å²) in [5.74, 6) is 1.41. The number of alkyl halides is 2. The summed E-state index contributed by atoms with van der Waals surface area (Å²) in [6.07, 6.45) is 6.22. The summed E-state index contributed by atoms with van der Waals surface area (Å²) in [5, 5.41) is 17.4. The molecule has 3 aromatic heterocycles. The molecule has 0 saturated heterocycles. The van der Waals surface area contributed by atoms with E-state index in [9.17, 15) is 13.9 Å². The third-order valence-corrected chi connectivity index (χ3v) is 7.96. The van der Waals surface area contributed by atoms with E-state index in [1.165, 1.54) is 12.1 Å². The molecular formula is C28H30F2N6O2S. The highest BCUT2D eigenvalue weighted by Crippen LogP contribution is 2.38. The molecule has 11 heteroatoms. The van der Waals surface area contributed by atoms with Crippen molar-refractivity contribution in [3.8, 4) is 16.3 Å². The second-order valence-corrected chi connectivity index (χ2v) is 10.7. The van der Waals surface area contributed by atoms with Crippen LogP contribution in [0.2, 0.25) is 0 Å². The van der Waals surface area contributed by atoms with Crippen molar-refractivity contribution in [3.63, 3.8) is 0 Å². The third-order valence-electron chi connectivity index (χ3n) is 6.92. The number of aryl methyl sites for hydroxylation is 2. The van der Waals surface area contributed by atoms with Crippen molar-refractivity contribution in [1.82, 2.24) is 19.9 Å². The van der Waals surface area contributed by atoms with Crippen molar-refractivity contribution in [3.05, 3.63) is 66.1 Å². The second-order valence-electron chi connectivity index (χ2n) is 9.63. The smallest absolute Gasteiger partial charge is 0.387 e. The zero-order chi connectivity index (χ0) is 27.5. The lowest BCUT2D eigenvalue weighted by Crippen LogP contribution is -2.20. The lowest BCUT2D eigenvalue weighted by molar-refractivity contribution is -0.0498. The van der Waals surface area contributed by atoms with Crippen LogP contribution in [0.15, 0.2) is 49.2 Å². The lowest BCUT2D eigenvalue weighted by atomic mass is 10.1. The van der Waals surface area contributed by atoms with Crippen molar-refractivity contribution < 1.29 is 18.6 Å². The van der Waals surface area contributed by atoms with Gasteiger partial charge in [-0.05, 0) is 62.8 Å². The first kappa shape index (κ1) is 26.9. The molecule has 1 unspecified atom stereocenters. The number of aromatic nitrogens is 4. The number of pyridine rings is 1. The number of aliphatic hydroxyl groups excluding tert-OH is 1. The lowest BCUT2D eigenvalue weighted by Gasteiger charge is -2.20. The first-order chi connectivity index (χ1) is 18.8. The molecule has 3 heterocycles. The van der Waals surface area contributed by atoms with E-state index < -0.39 is 6.61 Å². The molecule has 3 atom stereocenters. The average molecular weight is 553 g/mol. The Balaban J connectivity index is 1.49. The van der Waals surface area contributed by atoms with Crippen LogP contribution in [0, 0.1) is 19.8 Å². The van der Waals surface area contributed by atoms with Gasteiger partial charge in [-0.1, -0.05) is 18.2 Å². The fourth-order valence-corrected chi connectivity index (χ4v) is 6.04. The fourth-order valence-electron chi connectivity index (χ4n) is 4.93. The van der Waals surface area contributed by atoms with Crippen molar-refractivity contribution >= 4 is 33.3 Å². The molecule has 8 nitrogen and oxygen atoms in total. The Bertz CT molecular complexity index is 1460. The van der Waals surface area contributed by atoms with E-state index in [4.69, 9.17) is 15.0 Å². The predicted molar refractivity (Wildman–Crippen MR) is 149 cm³/mol. The van der Waals surface area contributed by atoms with Crippen LogP contribution in [0.5, 0.6) is 5.75 Å².